The van der Waals surface area contributed by atoms with E-state index in [2.05, 4.69) is 10.4 Å². The Kier molecular flexibility index (Phi) is 4.04. The molecule has 1 aromatic heterocycles. The van der Waals surface area contributed by atoms with Crippen LogP contribution in [0.15, 0.2) is 18.5 Å². The van der Waals surface area contributed by atoms with E-state index in [1.54, 1.807) is 32.3 Å². The van der Waals surface area contributed by atoms with Crippen molar-refractivity contribution in [3.8, 4) is 0 Å². The Morgan fingerprint density at radius 2 is 2.24 bits per heavy atom. The molecule has 0 spiro atoms. The molecule has 0 radical (unpaired) electrons. The van der Waals surface area contributed by atoms with Crippen LogP contribution in [0.4, 0.5) is 0 Å². The van der Waals surface area contributed by atoms with E-state index in [0.717, 1.165) is 0 Å². The molecule has 1 aliphatic carbocycles. The van der Waals surface area contributed by atoms with Crippen molar-refractivity contribution in [2.24, 2.45) is 5.41 Å². The first-order valence-electron chi connectivity index (χ1n) is 6.97. The van der Waals surface area contributed by atoms with Gasteiger partial charge in [0.25, 0.3) is 0 Å². The number of aliphatic carboxylic acids is 1. The Labute approximate surface area is 123 Å². The highest BCUT2D eigenvalue weighted by Crippen LogP contribution is 2.51. The van der Waals surface area contributed by atoms with E-state index in [-0.39, 0.29) is 25.0 Å². The molecule has 0 saturated heterocycles. The second-order valence-corrected chi connectivity index (χ2v) is 5.83. The van der Waals surface area contributed by atoms with Crippen molar-refractivity contribution in [1.29, 1.82) is 0 Å². The Balaban J connectivity index is 2.10. The first kappa shape index (κ1) is 15.5. The summed E-state index contributed by atoms with van der Waals surface area (Å²) in [5.74, 6) is -1.40. The van der Waals surface area contributed by atoms with Crippen LogP contribution < -0.4 is 5.32 Å². The largest absolute Gasteiger partial charge is 0.479 e. The molecule has 0 aromatic carbocycles. The van der Waals surface area contributed by atoms with Crippen LogP contribution in [-0.4, -0.2) is 45.0 Å². The summed E-state index contributed by atoms with van der Waals surface area (Å²) in [5.41, 5.74) is -1.97. The van der Waals surface area contributed by atoms with Crippen molar-refractivity contribution in [2.45, 2.75) is 45.4 Å². The van der Waals surface area contributed by atoms with Gasteiger partial charge in [0.15, 0.2) is 0 Å². The van der Waals surface area contributed by atoms with E-state index in [9.17, 15) is 14.7 Å². The maximum absolute atomic E-state index is 12.1. The third kappa shape index (κ3) is 2.53. The number of carbonyl (C=O) groups is 2. The number of hydrogen-bond donors (Lipinski definition) is 2. The van der Waals surface area contributed by atoms with E-state index < -0.39 is 16.9 Å². The van der Waals surface area contributed by atoms with Crippen molar-refractivity contribution in [2.75, 3.05) is 6.61 Å². The minimum atomic E-state index is -1.29. The fraction of sp³-hybridized carbons (Fsp3) is 0.643. The highest BCUT2D eigenvalue weighted by molar-refractivity contribution is 5.89. The minimum Gasteiger partial charge on any atom is -0.479 e. The summed E-state index contributed by atoms with van der Waals surface area (Å²) in [5, 5.41) is 16.2. The molecule has 2 unspecified atom stereocenters. The average molecular weight is 295 g/mol. The molecule has 7 nitrogen and oxygen atoms in total. The molecule has 21 heavy (non-hydrogen) atoms. The number of ether oxygens (including phenoxy) is 1. The number of rotatable bonds is 6. The average Bonchev–Trinajstić information content (AvgIpc) is 2.89. The topological polar surface area (TPSA) is 93.5 Å². The van der Waals surface area contributed by atoms with Gasteiger partial charge in [0.1, 0.15) is 12.1 Å². The van der Waals surface area contributed by atoms with Gasteiger partial charge in [0, 0.05) is 30.8 Å². The number of carboxylic acid groups (broad SMARTS) is 1. The smallest absolute Gasteiger partial charge is 0.330 e. The molecule has 7 heteroatoms. The summed E-state index contributed by atoms with van der Waals surface area (Å²) >= 11 is 0. The van der Waals surface area contributed by atoms with E-state index >= 15 is 0 Å². The van der Waals surface area contributed by atoms with Crippen molar-refractivity contribution in [1.82, 2.24) is 15.1 Å². The standard InChI is InChI=1S/C14H21N3O4/c1-4-21-10-8-14(12(19)20,13(10,2)3)16-11(18)9-17-7-5-6-15-17/h5-7,10H,4,8-9H2,1-3H3,(H,16,18)(H,19,20). The second kappa shape index (κ2) is 5.48. The highest BCUT2D eigenvalue weighted by atomic mass is 16.5. The summed E-state index contributed by atoms with van der Waals surface area (Å²) < 4.78 is 7.01. The number of carbonyl (C=O) groups excluding carboxylic acids is 1. The molecule has 1 fully saturated rings. The summed E-state index contributed by atoms with van der Waals surface area (Å²) in [7, 11) is 0. The van der Waals surface area contributed by atoms with E-state index in [4.69, 9.17) is 4.74 Å². The predicted molar refractivity (Wildman–Crippen MR) is 74.5 cm³/mol. The minimum absolute atomic E-state index is 0.00257. The third-order valence-electron chi connectivity index (χ3n) is 4.35. The summed E-state index contributed by atoms with van der Waals surface area (Å²) in [6, 6.07) is 1.71. The lowest BCUT2D eigenvalue weighted by atomic mass is 9.54. The molecular formula is C14H21N3O4. The number of nitrogens with zero attached hydrogens (tertiary/aromatic N) is 2. The first-order chi connectivity index (χ1) is 9.83. The maximum Gasteiger partial charge on any atom is 0.330 e. The van der Waals surface area contributed by atoms with Gasteiger partial charge < -0.3 is 15.2 Å². The van der Waals surface area contributed by atoms with Gasteiger partial charge in [-0.15, -0.1) is 0 Å². The van der Waals surface area contributed by atoms with Crippen molar-refractivity contribution in [3.63, 3.8) is 0 Å². The number of carboxylic acids is 1. The Morgan fingerprint density at radius 1 is 1.52 bits per heavy atom. The third-order valence-corrected chi connectivity index (χ3v) is 4.35. The molecule has 0 bridgehead atoms. The van der Waals surface area contributed by atoms with Crippen LogP contribution in [0.5, 0.6) is 0 Å². The molecule has 1 heterocycles. The molecule has 0 aliphatic heterocycles. The number of nitrogens with one attached hydrogen (secondary N) is 1. The van der Waals surface area contributed by atoms with Crippen LogP contribution in [0.1, 0.15) is 27.2 Å². The number of aromatic nitrogens is 2. The van der Waals surface area contributed by atoms with Crippen LogP contribution in [0, 0.1) is 5.41 Å². The van der Waals surface area contributed by atoms with Crippen LogP contribution >= 0.6 is 0 Å². The lowest BCUT2D eigenvalue weighted by molar-refractivity contribution is -0.194. The van der Waals surface area contributed by atoms with Crippen LogP contribution in [0.2, 0.25) is 0 Å². The summed E-state index contributed by atoms with van der Waals surface area (Å²) in [6.07, 6.45) is 3.32. The van der Waals surface area contributed by atoms with Gasteiger partial charge in [-0.1, -0.05) is 13.8 Å². The molecule has 2 N–H and O–H groups in total. The molecule has 1 amide bonds. The lowest BCUT2D eigenvalue weighted by Gasteiger charge is -2.58. The van der Waals surface area contributed by atoms with Crippen molar-refractivity contribution >= 4 is 11.9 Å². The Morgan fingerprint density at radius 3 is 2.71 bits per heavy atom. The first-order valence-corrected chi connectivity index (χ1v) is 6.97. The van der Waals surface area contributed by atoms with Gasteiger partial charge in [-0.2, -0.15) is 5.10 Å². The summed E-state index contributed by atoms with van der Waals surface area (Å²) in [6.45, 7) is 5.99. The summed E-state index contributed by atoms with van der Waals surface area (Å²) in [4.78, 5) is 23.8. The molecule has 2 rings (SSSR count). The molecule has 2 atom stereocenters. The number of amides is 1. The highest BCUT2D eigenvalue weighted by Gasteiger charge is 2.66. The van der Waals surface area contributed by atoms with Gasteiger partial charge in [-0.05, 0) is 13.0 Å². The normalized spacial score (nSPS) is 26.9. The van der Waals surface area contributed by atoms with E-state index in [0.29, 0.717) is 6.61 Å². The van der Waals surface area contributed by atoms with E-state index in [1.807, 2.05) is 6.92 Å². The zero-order valence-electron chi connectivity index (χ0n) is 12.5. The zero-order valence-corrected chi connectivity index (χ0v) is 12.5. The SMILES string of the molecule is CCOC1CC(NC(=O)Cn2cccn2)(C(=O)O)C1(C)C. The molecule has 1 aromatic rings. The monoisotopic (exact) mass is 295 g/mol. The predicted octanol–water partition coefficient (Wildman–Crippen LogP) is 0.658. The fourth-order valence-electron chi connectivity index (χ4n) is 2.86. The zero-order chi connectivity index (χ0) is 15.7. The van der Waals surface area contributed by atoms with Crippen molar-refractivity contribution < 1.29 is 19.4 Å². The quantitative estimate of drug-likeness (QED) is 0.804. The Bertz CT molecular complexity index is 526. The van der Waals surface area contributed by atoms with Gasteiger partial charge >= 0.3 is 5.97 Å². The maximum atomic E-state index is 12.1. The van der Waals surface area contributed by atoms with Gasteiger partial charge in [0.05, 0.1) is 6.10 Å². The molecular weight excluding hydrogens is 274 g/mol. The second-order valence-electron chi connectivity index (χ2n) is 5.83. The van der Waals surface area contributed by atoms with Gasteiger partial charge in [-0.25, -0.2) is 4.79 Å². The fourth-order valence-corrected chi connectivity index (χ4v) is 2.86. The van der Waals surface area contributed by atoms with E-state index in [1.165, 1.54) is 4.68 Å². The Hall–Kier alpha value is -1.89. The van der Waals surface area contributed by atoms with Crippen LogP contribution in [0.25, 0.3) is 0 Å². The number of hydrogen-bond acceptors (Lipinski definition) is 4. The van der Waals surface area contributed by atoms with Crippen LogP contribution in [0.3, 0.4) is 0 Å². The molecule has 1 aliphatic rings. The van der Waals surface area contributed by atoms with Crippen LogP contribution in [-0.2, 0) is 20.9 Å². The van der Waals surface area contributed by atoms with Gasteiger partial charge in [-0.3, -0.25) is 9.48 Å². The van der Waals surface area contributed by atoms with Crippen molar-refractivity contribution in [3.05, 3.63) is 18.5 Å². The molecule has 1 saturated carbocycles. The lowest BCUT2D eigenvalue weighted by Crippen LogP contribution is -2.76. The van der Waals surface area contributed by atoms with Gasteiger partial charge in [0.2, 0.25) is 5.91 Å². The molecule has 116 valence electrons.